The van der Waals surface area contributed by atoms with E-state index in [1.165, 1.54) is 21.1 Å². The van der Waals surface area contributed by atoms with Crippen molar-refractivity contribution >= 4 is 11.8 Å². The summed E-state index contributed by atoms with van der Waals surface area (Å²) in [5.41, 5.74) is 2.26. The van der Waals surface area contributed by atoms with Gasteiger partial charge in [0.15, 0.2) is 11.6 Å². The molecule has 1 aliphatic rings. The zero-order valence-electron chi connectivity index (χ0n) is 32.2. The molecule has 10 heteroatoms. The van der Waals surface area contributed by atoms with Gasteiger partial charge in [0.05, 0.1) is 45.2 Å². The van der Waals surface area contributed by atoms with Crippen molar-refractivity contribution in [2.45, 2.75) is 109 Å². The monoisotopic (exact) mass is 712 g/mol. The van der Waals surface area contributed by atoms with Gasteiger partial charge in [0, 0.05) is 33.2 Å². The van der Waals surface area contributed by atoms with Crippen LogP contribution in [0.3, 0.4) is 0 Å². The summed E-state index contributed by atoms with van der Waals surface area (Å²) < 4.78 is 46.7. The van der Waals surface area contributed by atoms with E-state index in [2.05, 4.69) is 25.1 Å². The predicted molar refractivity (Wildman–Crippen MR) is 195 cm³/mol. The Morgan fingerprint density at radius 1 is 0.824 bits per heavy atom. The summed E-state index contributed by atoms with van der Waals surface area (Å²) in [7, 11) is 7.78. The van der Waals surface area contributed by atoms with Gasteiger partial charge in [-0.05, 0) is 56.9 Å². The van der Waals surface area contributed by atoms with Crippen LogP contribution in [0.4, 0.5) is 0 Å². The topological polar surface area (TPSA) is 108 Å². The molecule has 1 heterocycles. The van der Waals surface area contributed by atoms with Gasteiger partial charge in [0.2, 0.25) is 0 Å². The van der Waals surface area contributed by atoms with Crippen molar-refractivity contribution in [3.8, 4) is 5.75 Å². The van der Waals surface area contributed by atoms with Crippen molar-refractivity contribution in [3.05, 3.63) is 77.9 Å². The van der Waals surface area contributed by atoms with Crippen molar-refractivity contribution in [1.82, 2.24) is 0 Å². The van der Waals surface area contributed by atoms with E-state index >= 15 is 0 Å². The number of Topliss-reactive ketones (excluding diaryl/α,β-unsaturated/α-hetero) is 1. The van der Waals surface area contributed by atoms with E-state index < -0.39 is 29.9 Å². The fraction of sp³-hybridized carbons (Fsp3) is 0.610. The smallest absolute Gasteiger partial charge is 0.316 e. The highest BCUT2D eigenvalue weighted by Gasteiger charge is 2.49. The SMILES string of the molecule is COC(=O)C(C)C(=O)[C@H](OC)[C@H]1OC(C)(C)O[C@@H]([C@@H](C)/C=C/[C@@H](OC)[C@H](CCCC[C@H](OCc2ccc(OC)cc2)c2ccccc2)OC)[C@H]1C. The molecule has 3 rings (SSSR count). The Morgan fingerprint density at radius 3 is 2.06 bits per heavy atom. The molecule has 0 aromatic heterocycles. The van der Waals surface area contributed by atoms with Crippen LogP contribution in [0, 0.1) is 17.8 Å². The van der Waals surface area contributed by atoms with Crippen LogP contribution in [0.15, 0.2) is 66.7 Å². The molecule has 0 radical (unpaired) electrons. The first-order chi connectivity index (χ1) is 24.4. The molecule has 2 aromatic carbocycles. The molecule has 0 amide bonds. The van der Waals surface area contributed by atoms with E-state index in [-0.39, 0.29) is 42.0 Å². The molecule has 1 aliphatic heterocycles. The maximum Gasteiger partial charge on any atom is 0.316 e. The Hall–Kier alpha value is -3.12. The molecule has 51 heavy (non-hydrogen) atoms. The molecule has 1 unspecified atom stereocenters. The third kappa shape index (κ3) is 12.2. The summed E-state index contributed by atoms with van der Waals surface area (Å²) in [5, 5.41) is 0. The highest BCUT2D eigenvalue weighted by Crippen LogP contribution is 2.38. The molecule has 10 nitrogen and oxygen atoms in total. The lowest BCUT2D eigenvalue weighted by molar-refractivity contribution is -0.335. The number of esters is 1. The Kier molecular flexibility index (Phi) is 17.2. The van der Waals surface area contributed by atoms with Crippen LogP contribution in [0.1, 0.15) is 77.5 Å². The first kappa shape index (κ1) is 42.3. The minimum absolute atomic E-state index is 0.0283. The van der Waals surface area contributed by atoms with E-state index in [0.717, 1.165) is 42.6 Å². The maximum atomic E-state index is 13.3. The summed E-state index contributed by atoms with van der Waals surface area (Å²) in [6.07, 6.45) is 5.33. The first-order valence-electron chi connectivity index (χ1n) is 17.9. The second-order valence-electron chi connectivity index (χ2n) is 13.8. The van der Waals surface area contributed by atoms with Crippen molar-refractivity contribution in [2.24, 2.45) is 17.8 Å². The summed E-state index contributed by atoms with van der Waals surface area (Å²) in [4.78, 5) is 25.5. The van der Waals surface area contributed by atoms with Gasteiger partial charge in [-0.25, -0.2) is 0 Å². The van der Waals surface area contributed by atoms with Gasteiger partial charge in [0.25, 0.3) is 0 Å². The molecular formula is C41H60O10. The minimum atomic E-state index is -0.985. The molecule has 0 spiro atoms. The van der Waals surface area contributed by atoms with Crippen LogP contribution < -0.4 is 4.74 Å². The zero-order valence-corrected chi connectivity index (χ0v) is 32.2. The second-order valence-corrected chi connectivity index (χ2v) is 13.8. The van der Waals surface area contributed by atoms with Crippen LogP contribution in [-0.2, 0) is 49.4 Å². The Labute approximate surface area is 305 Å². The van der Waals surface area contributed by atoms with Gasteiger partial charge in [-0.1, -0.05) is 81.3 Å². The van der Waals surface area contributed by atoms with Crippen LogP contribution >= 0.6 is 0 Å². The molecule has 284 valence electrons. The summed E-state index contributed by atoms with van der Waals surface area (Å²) >= 11 is 0. The lowest BCUT2D eigenvalue weighted by Gasteiger charge is -2.48. The molecule has 0 bridgehead atoms. The number of carbonyl (C=O) groups is 2. The predicted octanol–water partition coefficient (Wildman–Crippen LogP) is 7.29. The number of hydrogen-bond donors (Lipinski definition) is 0. The number of ketones is 1. The van der Waals surface area contributed by atoms with Gasteiger partial charge in [0.1, 0.15) is 23.9 Å². The van der Waals surface area contributed by atoms with Crippen LogP contribution in [-0.4, -0.2) is 83.6 Å². The summed E-state index contributed by atoms with van der Waals surface area (Å²) in [6.45, 7) is 9.73. The molecule has 2 aromatic rings. The highest BCUT2D eigenvalue weighted by atomic mass is 16.7. The van der Waals surface area contributed by atoms with E-state index in [4.69, 9.17) is 37.9 Å². The lowest BCUT2D eigenvalue weighted by Crippen LogP contribution is -2.58. The van der Waals surface area contributed by atoms with Crippen LogP contribution in [0.5, 0.6) is 5.75 Å². The third-order valence-corrected chi connectivity index (χ3v) is 9.74. The molecule has 9 atom stereocenters. The lowest BCUT2D eigenvalue weighted by atomic mass is 9.82. The average molecular weight is 713 g/mol. The minimum Gasteiger partial charge on any atom is -0.497 e. The van der Waals surface area contributed by atoms with Crippen molar-refractivity contribution in [2.75, 3.05) is 35.5 Å². The highest BCUT2D eigenvalue weighted by molar-refractivity contribution is 6.01. The normalized spacial score (nSPS) is 22.4. The number of carbonyl (C=O) groups excluding carboxylic acids is 2. The number of rotatable bonds is 21. The van der Waals surface area contributed by atoms with Crippen molar-refractivity contribution < 1.29 is 47.5 Å². The molecule has 0 saturated carbocycles. The standard InChI is InChI=1S/C41H60O10/c1-27(37-29(3)38(51-41(4,5)50-37)39(47-9)36(42)28(2)40(43)48-10)20-25-35(46-8)34(45-7)19-15-14-18-33(31-16-12-11-13-17-31)49-26-30-21-23-32(44-6)24-22-30/h11-13,16-17,20-25,27-29,33-35,37-39H,14-15,18-19,26H2,1-10H3/b25-20+/t27-,28?,29+,33-,34-,35+,37-,38-,39-/m0/s1. The first-order valence-corrected chi connectivity index (χ1v) is 17.9. The largest absolute Gasteiger partial charge is 0.497 e. The maximum absolute atomic E-state index is 13.3. The van der Waals surface area contributed by atoms with Gasteiger partial charge >= 0.3 is 5.97 Å². The van der Waals surface area contributed by atoms with Crippen molar-refractivity contribution in [3.63, 3.8) is 0 Å². The van der Waals surface area contributed by atoms with Crippen LogP contribution in [0.25, 0.3) is 0 Å². The van der Waals surface area contributed by atoms with E-state index in [1.807, 2.05) is 69.3 Å². The Morgan fingerprint density at radius 2 is 1.47 bits per heavy atom. The van der Waals surface area contributed by atoms with E-state index in [9.17, 15) is 9.59 Å². The fourth-order valence-corrected chi connectivity index (χ4v) is 6.73. The molecule has 0 N–H and O–H groups in total. The summed E-state index contributed by atoms with van der Waals surface area (Å²) in [6, 6.07) is 18.3. The van der Waals surface area contributed by atoms with E-state index in [0.29, 0.717) is 6.61 Å². The second kappa shape index (κ2) is 20.8. The van der Waals surface area contributed by atoms with Gasteiger partial charge in [-0.3, -0.25) is 9.59 Å². The number of ether oxygens (including phenoxy) is 8. The molecule has 0 aliphatic carbocycles. The summed E-state index contributed by atoms with van der Waals surface area (Å²) in [5.74, 6) is -2.45. The van der Waals surface area contributed by atoms with Gasteiger partial charge in [-0.15, -0.1) is 0 Å². The van der Waals surface area contributed by atoms with Gasteiger partial charge in [-0.2, -0.15) is 0 Å². The van der Waals surface area contributed by atoms with Crippen molar-refractivity contribution in [1.29, 1.82) is 0 Å². The average Bonchev–Trinajstić information content (AvgIpc) is 3.14. The fourth-order valence-electron chi connectivity index (χ4n) is 6.73. The van der Waals surface area contributed by atoms with E-state index in [1.54, 1.807) is 21.3 Å². The third-order valence-electron chi connectivity index (χ3n) is 9.74. The Balaban J connectivity index is 1.62. The molecule has 1 saturated heterocycles. The van der Waals surface area contributed by atoms with Gasteiger partial charge < -0.3 is 37.9 Å². The zero-order chi connectivity index (χ0) is 37.6. The van der Waals surface area contributed by atoms with Crippen LogP contribution in [0.2, 0.25) is 0 Å². The Bertz CT molecular complexity index is 1340. The molecule has 1 fully saturated rings. The molecular weight excluding hydrogens is 652 g/mol. The number of benzene rings is 2. The number of unbranched alkanes of at least 4 members (excludes halogenated alkanes) is 1. The number of methoxy groups -OCH3 is 5. The number of hydrogen-bond acceptors (Lipinski definition) is 10. The quantitative estimate of drug-likeness (QED) is 0.0567.